The Morgan fingerprint density at radius 2 is 1.84 bits per heavy atom. The molecule has 3 aromatic rings. The van der Waals surface area contributed by atoms with E-state index in [2.05, 4.69) is 41.8 Å². The number of sulfone groups is 1. The van der Waals surface area contributed by atoms with Gasteiger partial charge in [-0.15, -0.1) is 0 Å². The van der Waals surface area contributed by atoms with Crippen molar-refractivity contribution in [3.63, 3.8) is 0 Å². The average Bonchev–Trinajstić information content (AvgIpc) is 2.68. The number of benzene rings is 1. The van der Waals surface area contributed by atoms with E-state index in [0.29, 0.717) is 10.2 Å². The van der Waals surface area contributed by atoms with E-state index >= 15 is 0 Å². The maximum Gasteiger partial charge on any atom is 0.273 e. The van der Waals surface area contributed by atoms with Crippen LogP contribution in [0.4, 0.5) is 8.78 Å². The predicted octanol–water partition coefficient (Wildman–Crippen LogP) is 4.03. The van der Waals surface area contributed by atoms with Crippen molar-refractivity contribution in [3.8, 4) is 11.4 Å². The molecule has 1 aromatic carbocycles. The number of aryl methyl sites for hydroxylation is 1. The number of aromatic nitrogens is 3. The van der Waals surface area contributed by atoms with Crippen LogP contribution in [0, 0.1) is 25.5 Å². The van der Waals surface area contributed by atoms with Gasteiger partial charge in [0.15, 0.2) is 5.75 Å². The molecule has 0 saturated heterocycles. The van der Waals surface area contributed by atoms with Gasteiger partial charge in [0.2, 0.25) is 15.0 Å². The molecule has 0 spiro atoms. The first-order chi connectivity index (χ1) is 14.4. The molecule has 2 aromatic heterocycles. The average molecular weight is 579 g/mol. The van der Waals surface area contributed by atoms with Crippen molar-refractivity contribution in [2.45, 2.75) is 25.6 Å². The second-order valence-electron chi connectivity index (χ2n) is 6.60. The monoisotopic (exact) mass is 577 g/mol. The molecule has 12 heteroatoms. The molecule has 0 aliphatic rings. The fourth-order valence-corrected chi connectivity index (χ4v) is 4.54. The summed E-state index contributed by atoms with van der Waals surface area (Å²) in [6.45, 7) is 2.95. The molecule has 0 aliphatic heterocycles. The molecule has 0 unspecified atom stereocenters. The lowest BCUT2D eigenvalue weighted by atomic mass is 10.2. The van der Waals surface area contributed by atoms with Crippen molar-refractivity contribution in [2.75, 3.05) is 6.26 Å². The highest BCUT2D eigenvalue weighted by Crippen LogP contribution is 2.35. The predicted molar refractivity (Wildman–Crippen MR) is 116 cm³/mol. The Balaban J connectivity index is 2.06. The number of rotatable bonds is 5. The Kier molecular flexibility index (Phi) is 6.63. The van der Waals surface area contributed by atoms with Crippen LogP contribution in [0.15, 0.2) is 43.3 Å². The fraction of sp³-hybridized carbons (Fsp3) is 0.211. The lowest BCUT2D eigenvalue weighted by Gasteiger charge is -2.18. The van der Waals surface area contributed by atoms with Gasteiger partial charge in [-0.05, 0) is 57.8 Å². The molecule has 7 nitrogen and oxygen atoms in total. The SMILES string of the molecule is Cc1nc(S(C)(=O)=O)ncc1-n1c(C)c(Br)c(OCc2ccc(F)cc2F)c(Br)c1=O. The van der Waals surface area contributed by atoms with Crippen LogP contribution in [-0.4, -0.2) is 29.2 Å². The molecule has 0 amide bonds. The minimum absolute atomic E-state index is 0.0408. The molecule has 0 fully saturated rings. The second-order valence-corrected chi connectivity index (χ2v) is 10.1. The number of hydrogen-bond acceptors (Lipinski definition) is 6. The van der Waals surface area contributed by atoms with Gasteiger partial charge < -0.3 is 4.74 Å². The van der Waals surface area contributed by atoms with Crippen LogP contribution >= 0.6 is 31.9 Å². The molecule has 2 heterocycles. The molecule has 3 rings (SSSR count). The Hall–Kier alpha value is -2.18. The quantitative estimate of drug-likeness (QED) is 0.425. The first-order valence-corrected chi connectivity index (χ1v) is 12.1. The summed E-state index contributed by atoms with van der Waals surface area (Å²) in [7, 11) is -3.61. The summed E-state index contributed by atoms with van der Waals surface area (Å²) in [5.41, 5.74) is 0.576. The van der Waals surface area contributed by atoms with Crippen LogP contribution < -0.4 is 10.3 Å². The smallest absolute Gasteiger partial charge is 0.273 e. The maximum atomic E-state index is 13.9. The van der Waals surface area contributed by atoms with E-state index in [4.69, 9.17) is 4.74 Å². The minimum Gasteiger partial charge on any atom is -0.486 e. The largest absolute Gasteiger partial charge is 0.486 e. The van der Waals surface area contributed by atoms with Gasteiger partial charge >= 0.3 is 0 Å². The number of pyridine rings is 1. The summed E-state index contributed by atoms with van der Waals surface area (Å²) in [4.78, 5) is 20.9. The normalized spacial score (nSPS) is 11.6. The first-order valence-electron chi connectivity index (χ1n) is 8.63. The van der Waals surface area contributed by atoms with Gasteiger partial charge in [-0.3, -0.25) is 9.36 Å². The van der Waals surface area contributed by atoms with Gasteiger partial charge in [0, 0.05) is 23.6 Å². The lowest BCUT2D eigenvalue weighted by molar-refractivity contribution is 0.294. The topological polar surface area (TPSA) is 91.2 Å². The molecule has 0 aliphatic carbocycles. The maximum absolute atomic E-state index is 13.9. The summed E-state index contributed by atoms with van der Waals surface area (Å²) >= 11 is 6.59. The number of ether oxygens (including phenoxy) is 1. The third-order valence-corrected chi connectivity index (χ3v) is 6.83. The minimum atomic E-state index is -3.61. The zero-order valence-electron chi connectivity index (χ0n) is 16.4. The van der Waals surface area contributed by atoms with E-state index in [9.17, 15) is 22.0 Å². The highest BCUT2D eigenvalue weighted by molar-refractivity contribution is 9.11. The van der Waals surface area contributed by atoms with Gasteiger partial charge in [0.1, 0.15) is 22.7 Å². The third-order valence-electron chi connectivity index (χ3n) is 4.33. The highest BCUT2D eigenvalue weighted by Gasteiger charge is 2.22. The Bertz CT molecular complexity index is 1360. The van der Waals surface area contributed by atoms with Crippen LogP contribution in [0.25, 0.3) is 5.69 Å². The Labute approximate surface area is 193 Å². The summed E-state index contributed by atoms with van der Waals surface area (Å²) in [5, 5.41) is -0.348. The zero-order chi connectivity index (χ0) is 23.1. The fourth-order valence-electron chi connectivity index (χ4n) is 2.75. The van der Waals surface area contributed by atoms with Gasteiger partial charge in [-0.1, -0.05) is 0 Å². The summed E-state index contributed by atoms with van der Waals surface area (Å²) < 4.78 is 57.7. The van der Waals surface area contributed by atoms with Crippen molar-refractivity contribution in [2.24, 2.45) is 0 Å². The van der Waals surface area contributed by atoms with E-state index in [0.717, 1.165) is 18.4 Å². The molecule has 164 valence electrons. The number of hydrogen-bond donors (Lipinski definition) is 0. The van der Waals surface area contributed by atoms with Crippen LogP contribution in [-0.2, 0) is 16.4 Å². The van der Waals surface area contributed by atoms with Crippen molar-refractivity contribution in [3.05, 3.63) is 72.3 Å². The standard InChI is InChI=1S/C19H15Br2F2N3O4S/c1-9-14(7-24-19(25-9)31(3,28)29)26-10(2)15(20)17(16(21)18(26)27)30-8-11-4-5-12(22)6-13(11)23/h4-7H,8H2,1-3H3. The molecular weight excluding hydrogens is 564 g/mol. The van der Waals surface area contributed by atoms with Crippen LogP contribution in [0.5, 0.6) is 5.75 Å². The van der Waals surface area contributed by atoms with Gasteiger partial charge in [0.05, 0.1) is 22.1 Å². The zero-order valence-corrected chi connectivity index (χ0v) is 20.4. The van der Waals surface area contributed by atoms with E-state index < -0.39 is 27.0 Å². The molecular formula is C19H15Br2F2N3O4S. The molecule has 0 N–H and O–H groups in total. The van der Waals surface area contributed by atoms with Crippen molar-refractivity contribution >= 4 is 41.7 Å². The highest BCUT2D eigenvalue weighted by atomic mass is 79.9. The molecule has 0 radical (unpaired) electrons. The molecule has 0 atom stereocenters. The lowest BCUT2D eigenvalue weighted by Crippen LogP contribution is -2.24. The van der Waals surface area contributed by atoms with Crippen molar-refractivity contribution in [1.29, 1.82) is 0 Å². The molecule has 31 heavy (non-hydrogen) atoms. The van der Waals surface area contributed by atoms with E-state index in [1.54, 1.807) is 13.8 Å². The number of nitrogens with zero attached hydrogens (tertiary/aromatic N) is 3. The van der Waals surface area contributed by atoms with Gasteiger partial charge in [-0.2, -0.15) is 0 Å². The van der Waals surface area contributed by atoms with Crippen LogP contribution in [0.2, 0.25) is 0 Å². The summed E-state index contributed by atoms with van der Waals surface area (Å²) in [6.07, 6.45) is 2.24. The first kappa shape index (κ1) is 23.5. The van der Waals surface area contributed by atoms with E-state index in [1.807, 2.05) is 0 Å². The van der Waals surface area contributed by atoms with Gasteiger partial charge in [-0.25, -0.2) is 27.2 Å². The Morgan fingerprint density at radius 3 is 2.42 bits per heavy atom. The van der Waals surface area contributed by atoms with Gasteiger partial charge in [0.25, 0.3) is 5.56 Å². The van der Waals surface area contributed by atoms with E-state index in [-0.39, 0.29) is 38.9 Å². The third kappa shape index (κ3) is 4.70. The Morgan fingerprint density at radius 1 is 1.16 bits per heavy atom. The van der Waals surface area contributed by atoms with Crippen molar-refractivity contribution < 1.29 is 21.9 Å². The van der Waals surface area contributed by atoms with Crippen LogP contribution in [0.3, 0.4) is 0 Å². The van der Waals surface area contributed by atoms with E-state index in [1.165, 1.54) is 16.8 Å². The number of halogens is 4. The molecule has 0 saturated carbocycles. The summed E-state index contributed by atoms with van der Waals surface area (Å²) in [5.74, 6) is -1.34. The van der Waals surface area contributed by atoms with Crippen molar-refractivity contribution in [1.82, 2.24) is 14.5 Å². The summed E-state index contributed by atoms with van der Waals surface area (Å²) in [6, 6.07) is 3.11. The van der Waals surface area contributed by atoms with Crippen LogP contribution in [0.1, 0.15) is 17.0 Å². The second kappa shape index (κ2) is 8.75. The molecule has 0 bridgehead atoms.